The van der Waals surface area contributed by atoms with Gasteiger partial charge in [0.15, 0.2) is 5.60 Å². The summed E-state index contributed by atoms with van der Waals surface area (Å²) in [5.74, 6) is -1.35. The molecule has 0 saturated carbocycles. The predicted molar refractivity (Wildman–Crippen MR) is 182 cm³/mol. The summed E-state index contributed by atoms with van der Waals surface area (Å²) < 4.78 is 0. The van der Waals surface area contributed by atoms with E-state index < -0.39 is 17.4 Å². The Morgan fingerprint density at radius 1 is 1.00 bits per heavy atom. The first-order chi connectivity index (χ1) is 22.7. The highest BCUT2D eigenvalue weighted by molar-refractivity contribution is 6.31. The molecule has 2 heterocycles. The summed E-state index contributed by atoms with van der Waals surface area (Å²) in [5.41, 5.74) is 3.32. The van der Waals surface area contributed by atoms with Gasteiger partial charge in [0.25, 0.3) is 5.91 Å². The maximum Gasteiger partial charge on any atom is 0.264 e. The van der Waals surface area contributed by atoms with Gasteiger partial charge in [0, 0.05) is 40.8 Å². The van der Waals surface area contributed by atoms with Crippen molar-refractivity contribution in [3.05, 3.63) is 136 Å². The zero-order valence-electron chi connectivity index (χ0n) is 26.0. The van der Waals surface area contributed by atoms with Gasteiger partial charge in [0.1, 0.15) is 0 Å². The summed E-state index contributed by atoms with van der Waals surface area (Å²) in [6, 6.07) is 29.2. The molecule has 6 rings (SSSR count). The number of nitrogens with zero attached hydrogens (tertiary/aromatic N) is 3. The van der Waals surface area contributed by atoms with Gasteiger partial charge in [-0.25, -0.2) is 0 Å². The third kappa shape index (κ3) is 6.20. The van der Waals surface area contributed by atoms with Crippen molar-refractivity contribution in [1.29, 1.82) is 0 Å². The molecule has 2 aliphatic rings. The van der Waals surface area contributed by atoms with Gasteiger partial charge >= 0.3 is 0 Å². The smallest absolute Gasteiger partial charge is 0.264 e. The number of carbonyl (C=O) groups is 3. The first-order valence-electron chi connectivity index (χ1n) is 15.6. The molecule has 0 saturated heterocycles. The summed E-state index contributed by atoms with van der Waals surface area (Å²) in [7, 11) is 0. The first-order valence-corrected chi connectivity index (χ1v) is 16.0. The van der Waals surface area contributed by atoms with E-state index in [-0.39, 0.29) is 31.5 Å². The molecule has 8 nitrogen and oxygen atoms in total. The summed E-state index contributed by atoms with van der Waals surface area (Å²) in [5, 5.41) is 22.5. The average Bonchev–Trinajstić information content (AvgIpc) is 3.30. The van der Waals surface area contributed by atoms with Crippen LogP contribution < -0.4 is 9.80 Å². The largest absolute Gasteiger partial charge is 0.394 e. The van der Waals surface area contributed by atoms with E-state index in [0.717, 1.165) is 23.1 Å². The number of halogens is 1. The number of anilines is 3. The Balaban J connectivity index is 1.21. The molecule has 240 valence electrons. The van der Waals surface area contributed by atoms with Crippen LogP contribution in [-0.2, 0) is 39.5 Å². The fraction of sp³-hybridized carbons (Fsp3) is 0.237. The maximum absolute atomic E-state index is 14.1. The minimum absolute atomic E-state index is 0.0564. The standard InChI is InChI=1S/C38H36ClN3O5/c1-26(9-7-16-36(45)40-23-29-12-6-5-11-28(29)20-33(40)24-43)38(47)34-21-30(39)17-18-35(34)41(37(38)46)22-27-10-8-15-32(19-27)42(25-44)31-13-3-2-4-14-31/h2-15,17-19,21,25-26,33,43,47H,16,20,22-24H2,1H3/b9-7+/t26-,33-,38+/m0/s1. The second kappa shape index (κ2) is 13.5. The molecule has 0 fully saturated rings. The molecule has 3 atom stereocenters. The number of carbonyl (C=O) groups excluding carboxylic acids is 3. The topological polar surface area (TPSA) is 101 Å². The molecule has 4 aromatic rings. The fourth-order valence-corrected chi connectivity index (χ4v) is 6.77. The number of amides is 3. The number of rotatable bonds is 10. The van der Waals surface area contributed by atoms with Gasteiger partial charge in [-0.3, -0.25) is 19.3 Å². The van der Waals surface area contributed by atoms with Crippen molar-refractivity contribution in [3.63, 3.8) is 0 Å². The van der Waals surface area contributed by atoms with Gasteiger partial charge in [-0.2, -0.15) is 0 Å². The van der Waals surface area contributed by atoms with Crippen LogP contribution in [0.2, 0.25) is 5.02 Å². The molecule has 9 heteroatoms. The van der Waals surface area contributed by atoms with E-state index in [0.29, 0.717) is 40.6 Å². The van der Waals surface area contributed by atoms with E-state index in [9.17, 15) is 24.6 Å². The van der Waals surface area contributed by atoms with Crippen LogP contribution in [-0.4, -0.2) is 46.0 Å². The molecule has 0 aromatic heterocycles. The third-order valence-electron chi connectivity index (χ3n) is 9.16. The quantitative estimate of drug-likeness (QED) is 0.165. The van der Waals surface area contributed by atoms with E-state index in [2.05, 4.69) is 0 Å². The van der Waals surface area contributed by atoms with E-state index in [1.807, 2.05) is 78.9 Å². The van der Waals surface area contributed by atoms with Crippen molar-refractivity contribution >= 4 is 46.9 Å². The number of hydrogen-bond donors (Lipinski definition) is 2. The monoisotopic (exact) mass is 649 g/mol. The molecule has 0 radical (unpaired) electrons. The first kappa shape index (κ1) is 32.2. The highest BCUT2D eigenvalue weighted by atomic mass is 35.5. The number of para-hydroxylation sites is 1. The van der Waals surface area contributed by atoms with Gasteiger partial charge in [-0.05, 0) is 65.6 Å². The average molecular weight is 650 g/mol. The summed E-state index contributed by atoms with van der Waals surface area (Å²) in [6.07, 6.45) is 4.77. The van der Waals surface area contributed by atoms with Crippen LogP contribution in [0.3, 0.4) is 0 Å². The van der Waals surface area contributed by atoms with E-state index in [1.165, 1.54) is 9.80 Å². The zero-order chi connectivity index (χ0) is 33.1. The lowest BCUT2D eigenvalue weighted by Crippen LogP contribution is -2.46. The molecule has 47 heavy (non-hydrogen) atoms. The van der Waals surface area contributed by atoms with Gasteiger partial charge < -0.3 is 20.0 Å². The summed E-state index contributed by atoms with van der Waals surface area (Å²) in [6.45, 7) is 2.18. The molecular formula is C38H36ClN3O5. The van der Waals surface area contributed by atoms with Crippen molar-refractivity contribution in [3.8, 4) is 0 Å². The van der Waals surface area contributed by atoms with Gasteiger partial charge in [-0.15, -0.1) is 0 Å². The second-order valence-corrected chi connectivity index (χ2v) is 12.5. The molecule has 3 amide bonds. The van der Waals surface area contributed by atoms with Crippen LogP contribution in [0.1, 0.15) is 35.6 Å². The zero-order valence-corrected chi connectivity index (χ0v) is 26.8. The summed E-state index contributed by atoms with van der Waals surface area (Å²) in [4.78, 5) is 44.2. The Hall–Kier alpha value is -4.76. The predicted octanol–water partition coefficient (Wildman–Crippen LogP) is 5.90. The molecular weight excluding hydrogens is 614 g/mol. The minimum Gasteiger partial charge on any atom is -0.394 e. The minimum atomic E-state index is -1.92. The Morgan fingerprint density at radius 2 is 1.72 bits per heavy atom. The van der Waals surface area contributed by atoms with Gasteiger partial charge in [0.2, 0.25) is 12.3 Å². The normalized spacial score (nSPS) is 19.4. The van der Waals surface area contributed by atoms with Crippen molar-refractivity contribution in [2.75, 3.05) is 16.4 Å². The number of hydrogen-bond acceptors (Lipinski definition) is 5. The van der Waals surface area contributed by atoms with E-state index in [4.69, 9.17) is 11.6 Å². The Bertz CT molecular complexity index is 1830. The van der Waals surface area contributed by atoms with Crippen LogP contribution in [0.5, 0.6) is 0 Å². The SMILES string of the molecule is C[C@@H](/C=C/CC(=O)N1Cc2ccccc2C[C@H]1CO)[C@]1(O)C(=O)N(Cc2cccc(N(C=O)c3ccccc3)c2)c2ccc(Cl)cc21. The van der Waals surface area contributed by atoms with E-state index in [1.54, 1.807) is 42.2 Å². The lowest BCUT2D eigenvalue weighted by Gasteiger charge is -2.36. The molecule has 0 unspecified atom stereocenters. The number of fused-ring (bicyclic) bond motifs is 2. The molecule has 0 spiro atoms. The third-order valence-corrected chi connectivity index (χ3v) is 9.40. The Morgan fingerprint density at radius 3 is 2.47 bits per heavy atom. The molecule has 4 aromatic carbocycles. The van der Waals surface area contributed by atoms with Crippen LogP contribution in [0, 0.1) is 5.92 Å². The van der Waals surface area contributed by atoms with Crippen LogP contribution in [0.4, 0.5) is 17.1 Å². The lowest BCUT2D eigenvalue weighted by molar-refractivity contribution is -0.139. The maximum atomic E-state index is 14.1. The highest BCUT2D eigenvalue weighted by Gasteiger charge is 2.52. The molecule has 0 bridgehead atoms. The molecule has 2 aliphatic heterocycles. The van der Waals surface area contributed by atoms with Gasteiger partial charge in [0.05, 0.1) is 24.9 Å². The molecule has 2 N–H and O–H groups in total. The van der Waals surface area contributed by atoms with Gasteiger partial charge in [-0.1, -0.05) is 85.3 Å². The number of aliphatic hydroxyl groups excluding tert-OH is 1. The lowest BCUT2D eigenvalue weighted by atomic mass is 9.83. The van der Waals surface area contributed by atoms with Crippen LogP contribution in [0.25, 0.3) is 0 Å². The number of benzene rings is 4. The van der Waals surface area contributed by atoms with Crippen molar-refractivity contribution in [1.82, 2.24) is 4.90 Å². The Kier molecular flexibility index (Phi) is 9.27. The van der Waals surface area contributed by atoms with Crippen LogP contribution in [0.15, 0.2) is 109 Å². The van der Waals surface area contributed by atoms with Crippen molar-refractivity contribution in [2.45, 2.75) is 44.5 Å². The van der Waals surface area contributed by atoms with Crippen molar-refractivity contribution < 1.29 is 24.6 Å². The highest BCUT2D eigenvalue weighted by Crippen LogP contribution is 2.47. The van der Waals surface area contributed by atoms with Crippen molar-refractivity contribution in [2.24, 2.45) is 5.92 Å². The number of aliphatic hydroxyl groups is 2. The van der Waals surface area contributed by atoms with E-state index >= 15 is 0 Å². The van der Waals surface area contributed by atoms with Crippen LogP contribution >= 0.6 is 11.6 Å². The molecule has 0 aliphatic carbocycles. The second-order valence-electron chi connectivity index (χ2n) is 12.1. The Labute approximate surface area is 279 Å². The fourth-order valence-electron chi connectivity index (χ4n) is 6.59. The summed E-state index contributed by atoms with van der Waals surface area (Å²) >= 11 is 6.37.